The molecule has 4 heterocycles. The molecule has 0 saturated carbocycles. The lowest BCUT2D eigenvalue weighted by Gasteiger charge is -2.46. The van der Waals surface area contributed by atoms with E-state index in [1.165, 1.54) is 6.92 Å². The zero-order valence-electron chi connectivity index (χ0n) is 22.6. The number of piperidine rings is 1. The van der Waals surface area contributed by atoms with Gasteiger partial charge in [0.1, 0.15) is 11.8 Å². The fourth-order valence-corrected chi connectivity index (χ4v) is 6.30. The number of rotatable bonds is 2. The monoisotopic (exact) mass is 527 g/mol. The van der Waals surface area contributed by atoms with Crippen molar-refractivity contribution < 1.29 is 23.9 Å². The van der Waals surface area contributed by atoms with Crippen LogP contribution in [0, 0.1) is 0 Å². The van der Waals surface area contributed by atoms with Crippen LogP contribution in [0.3, 0.4) is 0 Å². The lowest BCUT2D eigenvalue weighted by atomic mass is 9.96. The van der Waals surface area contributed by atoms with Gasteiger partial charge in [-0.3, -0.25) is 19.3 Å². The molecule has 0 aliphatic carbocycles. The number of carbonyl (C=O) groups is 3. The van der Waals surface area contributed by atoms with Crippen molar-refractivity contribution in [3.63, 3.8) is 0 Å². The molecule has 3 amide bonds. The van der Waals surface area contributed by atoms with Crippen LogP contribution in [0.15, 0.2) is 24.3 Å². The Balaban J connectivity index is 1.40. The minimum atomic E-state index is -0.620. The Morgan fingerprint density at radius 3 is 2.61 bits per heavy atom. The molecule has 38 heavy (non-hydrogen) atoms. The third-order valence-electron chi connectivity index (χ3n) is 8.48. The Kier molecular flexibility index (Phi) is 8.50. The van der Waals surface area contributed by atoms with Crippen molar-refractivity contribution in [1.82, 2.24) is 25.3 Å². The normalized spacial score (nSPS) is 30.3. The Labute approximate surface area is 225 Å². The SMILES string of the molecule is CC(=O)N[C@@H]1CC[C@H]2CCOc3ccccc3C(=O)N3CCN(C4CCN(C)CC4)C[C@H]3C(=O)NC[C@H]1O2. The number of benzene rings is 1. The maximum absolute atomic E-state index is 13.9. The number of hydrogen-bond donors (Lipinski definition) is 2. The second-order valence-corrected chi connectivity index (χ2v) is 11.1. The second-order valence-electron chi connectivity index (χ2n) is 11.1. The summed E-state index contributed by atoms with van der Waals surface area (Å²) in [6.07, 6.45) is 3.97. The first kappa shape index (κ1) is 26.9. The molecule has 1 aromatic rings. The maximum atomic E-state index is 13.9. The van der Waals surface area contributed by atoms with Gasteiger partial charge in [-0.15, -0.1) is 0 Å². The standard InChI is InChI=1S/C28H41N5O5/c1-19(34)30-23-8-7-21-11-16-37-25-6-4-3-5-22(25)28(36)33-15-14-32(20-9-12-31(2)13-10-20)18-24(33)27(35)29-17-26(23)38-21/h3-6,20-21,23-24,26H,7-18H2,1-2H3,(H,29,35)(H,30,34)/t21-,23+,24-,26+/m0/s1. The van der Waals surface area contributed by atoms with E-state index in [1.807, 2.05) is 18.2 Å². The Hall–Kier alpha value is -2.69. The van der Waals surface area contributed by atoms with Crippen LogP contribution in [0.4, 0.5) is 0 Å². The molecule has 0 spiro atoms. The van der Waals surface area contributed by atoms with Crippen LogP contribution in [-0.2, 0) is 14.3 Å². The number of nitrogens with one attached hydrogen (secondary N) is 2. The summed E-state index contributed by atoms with van der Waals surface area (Å²) in [7, 11) is 2.14. The van der Waals surface area contributed by atoms with E-state index in [4.69, 9.17) is 9.47 Å². The first-order valence-electron chi connectivity index (χ1n) is 14.0. The predicted molar refractivity (Wildman–Crippen MR) is 142 cm³/mol. The van der Waals surface area contributed by atoms with Gasteiger partial charge in [-0.1, -0.05) is 12.1 Å². The summed E-state index contributed by atoms with van der Waals surface area (Å²) >= 11 is 0. The van der Waals surface area contributed by atoms with Gasteiger partial charge in [-0.2, -0.15) is 0 Å². The van der Waals surface area contributed by atoms with E-state index in [1.54, 1.807) is 11.0 Å². The maximum Gasteiger partial charge on any atom is 0.258 e. The predicted octanol–water partition coefficient (Wildman–Crippen LogP) is 0.858. The van der Waals surface area contributed by atoms with E-state index >= 15 is 0 Å². The highest BCUT2D eigenvalue weighted by Crippen LogP contribution is 2.27. The van der Waals surface area contributed by atoms with Crippen LogP contribution < -0.4 is 15.4 Å². The van der Waals surface area contributed by atoms with Gasteiger partial charge in [0.25, 0.3) is 5.91 Å². The summed E-state index contributed by atoms with van der Waals surface area (Å²) < 4.78 is 12.5. The summed E-state index contributed by atoms with van der Waals surface area (Å²) in [4.78, 5) is 45.8. The molecule has 0 unspecified atom stereocenters. The van der Waals surface area contributed by atoms with E-state index < -0.39 is 6.04 Å². The average molecular weight is 528 g/mol. The van der Waals surface area contributed by atoms with Crippen molar-refractivity contribution in [3.8, 4) is 5.75 Å². The smallest absolute Gasteiger partial charge is 0.258 e. The molecule has 10 heteroatoms. The first-order chi connectivity index (χ1) is 18.4. The third kappa shape index (κ3) is 6.13. The molecule has 3 fully saturated rings. The Morgan fingerprint density at radius 1 is 1.03 bits per heavy atom. The average Bonchev–Trinajstić information content (AvgIpc) is 2.92. The molecule has 4 aliphatic rings. The van der Waals surface area contributed by atoms with Crippen LogP contribution >= 0.6 is 0 Å². The van der Waals surface area contributed by atoms with Gasteiger partial charge < -0.3 is 29.9 Å². The summed E-state index contributed by atoms with van der Waals surface area (Å²) in [5.74, 6) is 0.0719. The number of piperazine rings is 1. The van der Waals surface area contributed by atoms with E-state index in [2.05, 4.69) is 27.5 Å². The van der Waals surface area contributed by atoms with E-state index in [-0.39, 0.29) is 42.5 Å². The van der Waals surface area contributed by atoms with Gasteiger partial charge in [0.15, 0.2) is 0 Å². The molecule has 0 radical (unpaired) electrons. The highest BCUT2D eigenvalue weighted by atomic mass is 16.5. The minimum absolute atomic E-state index is 0.0428. The third-order valence-corrected chi connectivity index (χ3v) is 8.48. The van der Waals surface area contributed by atoms with E-state index in [9.17, 15) is 14.4 Å². The van der Waals surface area contributed by atoms with E-state index in [0.29, 0.717) is 43.5 Å². The van der Waals surface area contributed by atoms with Crippen LogP contribution in [0.5, 0.6) is 5.75 Å². The summed E-state index contributed by atoms with van der Waals surface area (Å²) in [5, 5.41) is 6.09. The van der Waals surface area contributed by atoms with Crippen molar-refractivity contribution in [2.24, 2.45) is 0 Å². The highest BCUT2D eigenvalue weighted by Gasteiger charge is 2.40. The largest absolute Gasteiger partial charge is 0.493 e. The lowest BCUT2D eigenvalue weighted by molar-refractivity contribution is -0.131. The van der Waals surface area contributed by atoms with Crippen LogP contribution in [0.25, 0.3) is 0 Å². The van der Waals surface area contributed by atoms with Gasteiger partial charge in [-0.25, -0.2) is 0 Å². The quantitative estimate of drug-likeness (QED) is 0.588. The zero-order chi connectivity index (χ0) is 26.6. The summed E-state index contributed by atoms with van der Waals surface area (Å²) in [6.45, 7) is 6.00. The number of fused-ring (bicyclic) bond motifs is 4. The Morgan fingerprint density at radius 2 is 1.82 bits per heavy atom. The molecule has 4 atom stereocenters. The number of likely N-dealkylation sites (tertiary alicyclic amines) is 1. The number of hydrogen-bond acceptors (Lipinski definition) is 7. The number of amides is 3. The molecule has 0 aromatic heterocycles. The van der Waals surface area contributed by atoms with Crippen molar-refractivity contribution >= 4 is 17.7 Å². The van der Waals surface area contributed by atoms with Crippen LogP contribution in [0.2, 0.25) is 0 Å². The molecular weight excluding hydrogens is 486 g/mol. The molecule has 5 rings (SSSR count). The molecule has 2 N–H and O–H groups in total. The van der Waals surface area contributed by atoms with Crippen molar-refractivity contribution in [1.29, 1.82) is 0 Å². The lowest BCUT2D eigenvalue weighted by Crippen LogP contribution is -2.63. The summed E-state index contributed by atoms with van der Waals surface area (Å²) in [6, 6.07) is 6.93. The molecule has 208 valence electrons. The molecule has 4 aliphatic heterocycles. The molecule has 1 aromatic carbocycles. The van der Waals surface area contributed by atoms with Gasteiger partial charge in [0, 0.05) is 45.6 Å². The first-order valence-corrected chi connectivity index (χ1v) is 14.0. The fourth-order valence-electron chi connectivity index (χ4n) is 6.30. The molecule has 2 bridgehead atoms. The zero-order valence-corrected chi connectivity index (χ0v) is 22.6. The number of para-hydroxylation sites is 1. The second kappa shape index (κ2) is 12.0. The van der Waals surface area contributed by atoms with Crippen molar-refractivity contribution in [3.05, 3.63) is 29.8 Å². The molecule has 10 nitrogen and oxygen atoms in total. The minimum Gasteiger partial charge on any atom is -0.493 e. The van der Waals surface area contributed by atoms with Gasteiger partial charge in [0.2, 0.25) is 11.8 Å². The van der Waals surface area contributed by atoms with Crippen LogP contribution in [0.1, 0.15) is 49.4 Å². The molecule has 3 saturated heterocycles. The van der Waals surface area contributed by atoms with Crippen molar-refractivity contribution in [2.75, 3.05) is 52.9 Å². The van der Waals surface area contributed by atoms with Gasteiger partial charge in [0.05, 0.1) is 30.4 Å². The number of ether oxygens (including phenoxy) is 2. The number of nitrogens with zero attached hydrogens (tertiary/aromatic N) is 3. The Bertz CT molecular complexity index is 1010. The summed E-state index contributed by atoms with van der Waals surface area (Å²) in [5.41, 5.74) is 0.489. The molecular formula is C28H41N5O5. The number of carbonyl (C=O) groups excluding carboxylic acids is 3. The van der Waals surface area contributed by atoms with Gasteiger partial charge in [-0.05, 0) is 58.0 Å². The fraction of sp³-hybridized carbons (Fsp3) is 0.679. The van der Waals surface area contributed by atoms with Crippen molar-refractivity contribution in [2.45, 2.75) is 69.4 Å². The van der Waals surface area contributed by atoms with Crippen LogP contribution in [-0.4, -0.2) is 116 Å². The van der Waals surface area contributed by atoms with Gasteiger partial charge >= 0.3 is 0 Å². The topological polar surface area (TPSA) is 103 Å². The highest BCUT2D eigenvalue weighted by molar-refractivity contribution is 6.00. The van der Waals surface area contributed by atoms with E-state index in [0.717, 1.165) is 45.3 Å².